The van der Waals surface area contributed by atoms with Gasteiger partial charge >= 0.3 is 0 Å². The molecule has 0 heterocycles. The van der Waals surface area contributed by atoms with Crippen LogP contribution in [0.15, 0.2) is 72.8 Å². The van der Waals surface area contributed by atoms with Crippen molar-refractivity contribution in [3.63, 3.8) is 0 Å². The van der Waals surface area contributed by atoms with Gasteiger partial charge in [0.2, 0.25) is 0 Å². The molecular weight excluding hydrogens is 312 g/mol. The molecule has 3 aromatic rings. The Morgan fingerprint density at radius 2 is 0.731 bits per heavy atom. The van der Waals surface area contributed by atoms with E-state index in [0.29, 0.717) is 0 Å². The van der Waals surface area contributed by atoms with Crippen LogP contribution in [-0.4, -0.2) is 0 Å². The summed E-state index contributed by atoms with van der Waals surface area (Å²) < 4.78 is 0. The lowest BCUT2D eigenvalue weighted by molar-refractivity contribution is 1.10. The third-order valence-corrected chi connectivity index (χ3v) is 4.49. The molecule has 138 valence electrons. The maximum Gasteiger partial charge on any atom is -0.00258 e. The van der Waals surface area contributed by atoms with Gasteiger partial charge in [-0.1, -0.05) is 105 Å². The second-order valence-corrected chi connectivity index (χ2v) is 6.67. The van der Waals surface area contributed by atoms with E-state index in [-0.39, 0.29) is 7.43 Å². The first-order valence-corrected chi connectivity index (χ1v) is 9.29. The molecule has 0 aliphatic carbocycles. The van der Waals surface area contributed by atoms with Gasteiger partial charge in [0.15, 0.2) is 0 Å². The van der Waals surface area contributed by atoms with E-state index in [1.54, 1.807) is 0 Å². The van der Waals surface area contributed by atoms with Gasteiger partial charge in [0.1, 0.15) is 0 Å². The Hall–Kier alpha value is -2.34. The Morgan fingerprint density at radius 1 is 0.462 bits per heavy atom. The van der Waals surface area contributed by atoms with Crippen LogP contribution in [0.25, 0.3) is 0 Å². The van der Waals surface area contributed by atoms with Crippen LogP contribution < -0.4 is 0 Å². The Bertz CT molecular complexity index is 665. The summed E-state index contributed by atoms with van der Waals surface area (Å²) in [6, 6.07) is 26.3. The van der Waals surface area contributed by atoms with Crippen molar-refractivity contribution in [2.45, 2.75) is 54.4 Å². The summed E-state index contributed by atoms with van der Waals surface area (Å²) in [6.07, 6.45) is 3.31. The van der Waals surface area contributed by atoms with Crippen molar-refractivity contribution >= 4 is 0 Å². The second-order valence-electron chi connectivity index (χ2n) is 6.67. The minimum atomic E-state index is 0. The zero-order chi connectivity index (χ0) is 18.1. The topological polar surface area (TPSA) is 0 Å². The lowest BCUT2D eigenvalue weighted by atomic mass is 10.0. The number of benzene rings is 3. The fraction of sp³-hybridized carbons (Fsp3) is 0.308. The number of aryl methyl sites for hydroxylation is 4. The summed E-state index contributed by atoms with van der Waals surface area (Å²) >= 11 is 0. The van der Waals surface area contributed by atoms with Crippen LogP contribution >= 0.6 is 0 Å². The molecule has 0 heteroatoms. The highest BCUT2D eigenvalue weighted by molar-refractivity contribution is 5.29. The van der Waals surface area contributed by atoms with E-state index < -0.39 is 0 Å². The fourth-order valence-corrected chi connectivity index (χ4v) is 2.66. The third-order valence-electron chi connectivity index (χ3n) is 4.49. The zero-order valence-electron chi connectivity index (χ0n) is 16.0. The van der Waals surface area contributed by atoms with Gasteiger partial charge in [-0.25, -0.2) is 0 Å². The number of rotatable bonds is 4. The van der Waals surface area contributed by atoms with Crippen LogP contribution in [0, 0.1) is 13.8 Å². The van der Waals surface area contributed by atoms with E-state index in [0.717, 1.165) is 19.3 Å². The largest absolute Gasteiger partial charge is 0.0776 e. The average molecular weight is 347 g/mol. The lowest BCUT2D eigenvalue weighted by Crippen LogP contribution is -1.88. The van der Waals surface area contributed by atoms with E-state index in [1.807, 2.05) is 0 Å². The van der Waals surface area contributed by atoms with E-state index in [1.165, 1.54) is 33.4 Å². The van der Waals surface area contributed by atoms with Crippen molar-refractivity contribution in [2.24, 2.45) is 0 Å². The summed E-state index contributed by atoms with van der Waals surface area (Å²) in [7, 11) is 0. The van der Waals surface area contributed by atoms with Crippen LogP contribution in [0.1, 0.15) is 54.7 Å². The van der Waals surface area contributed by atoms with E-state index in [9.17, 15) is 0 Å². The molecular formula is C26H34. The van der Waals surface area contributed by atoms with Gasteiger partial charge in [-0.15, -0.1) is 0 Å². The van der Waals surface area contributed by atoms with Crippen molar-refractivity contribution in [3.05, 3.63) is 106 Å². The summed E-state index contributed by atoms with van der Waals surface area (Å²) in [5, 5.41) is 0. The molecule has 0 aliphatic heterocycles. The molecule has 0 aromatic heterocycles. The van der Waals surface area contributed by atoms with Gasteiger partial charge in [-0.3, -0.25) is 0 Å². The molecule has 0 saturated heterocycles. The Morgan fingerprint density at radius 3 is 1.00 bits per heavy atom. The Kier molecular flexibility index (Phi) is 9.44. The van der Waals surface area contributed by atoms with Crippen LogP contribution in [0.4, 0.5) is 0 Å². The van der Waals surface area contributed by atoms with Gasteiger partial charge < -0.3 is 0 Å². The fourth-order valence-electron chi connectivity index (χ4n) is 2.66. The standard InChI is InChI=1S/C15H16.C10H14.CH4/c1-12-3-7-14(8-4-12)11-15-9-5-13(2)6-10-15;1-3-9-5-7-10(4-2)8-6-9;/h3-10H,11H2,1-2H3;5-8H,3-4H2,1-2H3;1H4. The molecule has 3 aromatic carbocycles. The molecule has 0 spiro atoms. The SMILES string of the molecule is C.CCc1ccc(CC)cc1.Cc1ccc(Cc2ccc(C)cc2)cc1. The molecule has 0 atom stereocenters. The van der Waals surface area contributed by atoms with E-state index in [4.69, 9.17) is 0 Å². The molecule has 0 nitrogen and oxygen atoms in total. The van der Waals surface area contributed by atoms with Crippen LogP contribution in [-0.2, 0) is 19.3 Å². The molecule has 0 saturated carbocycles. The lowest BCUT2D eigenvalue weighted by Gasteiger charge is -2.03. The molecule has 26 heavy (non-hydrogen) atoms. The Labute approximate surface area is 160 Å². The smallest absolute Gasteiger partial charge is 0.00258 e. The Balaban J connectivity index is 0.000000270. The molecule has 0 amide bonds. The highest BCUT2D eigenvalue weighted by Gasteiger charge is 1.95. The average Bonchev–Trinajstić information content (AvgIpc) is 2.66. The molecule has 0 bridgehead atoms. The van der Waals surface area contributed by atoms with Gasteiger partial charge in [0.25, 0.3) is 0 Å². The van der Waals surface area contributed by atoms with E-state index >= 15 is 0 Å². The molecule has 0 N–H and O–H groups in total. The third kappa shape index (κ3) is 7.27. The van der Waals surface area contributed by atoms with Crippen molar-refractivity contribution in [2.75, 3.05) is 0 Å². The summed E-state index contributed by atoms with van der Waals surface area (Å²) in [4.78, 5) is 0. The van der Waals surface area contributed by atoms with Crippen molar-refractivity contribution in [1.82, 2.24) is 0 Å². The maximum absolute atomic E-state index is 2.21. The first-order valence-electron chi connectivity index (χ1n) is 9.29. The van der Waals surface area contributed by atoms with Crippen molar-refractivity contribution < 1.29 is 0 Å². The predicted octanol–water partition coefficient (Wildman–Crippen LogP) is 7.34. The summed E-state index contributed by atoms with van der Waals surface area (Å²) in [6.45, 7) is 8.60. The highest BCUT2D eigenvalue weighted by atomic mass is 14.0. The first-order chi connectivity index (χ1) is 12.1. The van der Waals surface area contributed by atoms with Gasteiger partial charge in [-0.05, 0) is 55.4 Å². The first kappa shape index (κ1) is 21.7. The van der Waals surface area contributed by atoms with Gasteiger partial charge in [0.05, 0.1) is 0 Å². The summed E-state index contributed by atoms with van der Waals surface area (Å²) in [5.74, 6) is 0. The molecule has 0 radical (unpaired) electrons. The molecule has 0 fully saturated rings. The predicted molar refractivity (Wildman–Crippen MR) is 117 cm³/mol. The van der Waals surface area contributed by atoms with Crippen molar-refractivity contribution in [3.8, 4) is 0 Å². The van der Waals surface area contributed by atoms with Gasteiger partial charge in [0, 0.05) is 0 Å². The number of hydrogen-bond donors (Lipinski definition) is 0. The minimum absolute atomic E-state index is 0. The molecule has 0 unspecified atom stereocenters. The molecule has 0 aliphatic rings. The molecule has 3 rings (SSSR count). The van der Waals surface area contributed by atoms with E-state index in [2.05, 4.69) is 100 Å². The maximum atomic E-state index is 2.21. The van der Waals surface area contributed by atoms with Crippen molar-refractivity contribution in [1.29, 1.82) is 0 Å². The normalized spacial score (nSPS) is 9.69. The minimum Gasteiger partial charge on any atom is -0.0776 e. The van der Waals surface area contributed by atoms with Crippen LogP contribution in [0.2, 0.25) is 0 Å². The zero-order valence-corrected chi connectivity index (χ0v) is 16.0. The van der Waals surface area contributed by atoms with Crippen LogP contribution in [0.5, 0.6) is 0 Å². The highest BCUT2D eigenvalue weighted by Crippen LogP contribution is 2.11. The second kappa shape index (κ2) is 11.3. The monoisotopic (exact) mass is 346 g/mol. The summed E-state index contributed by atoms with van der Waals surface area (Å²) in [5.41, 5.74) is 8.26. The van der Waals surface area contributed by atoms with Crippen LogP contribution in [0.3, 0.4) is 0 Å². The quantitative estimate of drug-likeness (QED) is 0.463. The number of hydrogen-bond acceptors (Lipinski definition) is 0. The van der Waals surface area contributed by atoms with Gasteiger partial charge in [-0.2, -0.15) is 0 Å².